The molecule has 1 fully saturated rings. The van der Waals surface area contributed by atoms with Crippen LogP contribution >= 0.6 is 0 Å². The van der Waals surface area contributed by atoms with Crippen molar-refractivity contribution in [2.24, 2.45) is 5.92 Å². The van der Waals surface area contributed by atoms with Gasteiger partial charge in [-0.05, 0) is 43.0 Å². The summed E-state index contributed by atoms with van der Waals surface area (Å²) in [7, 11) is 0. The average molecular weight is 216 g/mol. The van der Waals surface area contributed by atoms with Crippen molar-refractivity contribution < 1.29 is 0 Å². The van der Waals surface area contributed by atoms with Gasteiger partial charge in [0.05, 0.1) is 0 Å². The van der Waals surface area contributed by atoms with Crippen molar-refractivity contribution in [3.63, 3.8) is 0 Å². The van der Waals surface area contributed by atoms with Crippen molar-refractivity contribution in [2.45, 2.75) is 25.9 Å². The van der Waals surface area contributed by atoms with Gasteiger partial charge in [0.25, 0.3) is 0 Å². The van der Waals surface area contributed by atoms with E-state index in [0.717, 1.165) is 5.92 Å². The molecule has 2 aliphatic heterocycles. The summed E-state index contributed by atoms with van der Waals surface area (Å²) in [4.78, 5) is 2.61. The van der Waals surface area contributed by atoms with Crippen LogP contribution in [0.4, 0.5) is 0 Å². The first-order valence-corrected chi connectivity index (χ1v) is 6.41. The lowest BCUT2D eigenvalue weighted by molar-refractivity contribution is 0.208. The number of fused-ring (bicyclic) bond motifs is 1. The van der Waals surface area contributed by atoms with E-state index >= 15 is 0 Å². The fraction of sp³-hybridized carbons (Fsp3) is 0.571. The molecule has 1 aromatic rings. The minimum absolute atomic E-state index is 0.913. The molecule has 2 heterocycles. The Morgan fingerprint density at radius 2 is 1.69 bits per heavy atom. The molecule has 3 rings (SSSR count). The number of rotatable bonds is 2. The van der Waals surface area contributed by atoms with Crippen molar-refractivity contribution in [3.8, 4) is 0 Å². The summed E-state index contributed by atoms with van der Waals surface area (Å²) in [6, 6.07) is 8.87. The lowest BCUT2D eigenvalue weighted by atomic mass is 9.98. The number of piperidine rings is 1. The van der Waals surface area contributed by atoms with Crippen LogP contribution < -0.4 is 5.32 Å². The van der Waals surface area contributed by atoms with E-state index < -0.39 is 0 Å². The number of hydrogen-bond donors (Lipinski definition) is 1. The third-order valence-corrected chi connectivity index (χ3v) is 3.88. The summed E-state index contributed by atoms with van der Waals surface area (Å²) >= 11 is 0. The molecule has 0 aliphatic carbocycles. The molecule has 86 valence electrons. The van der Waals surface area contributed by atoms with Gasteiger partial charge in [-0.2, -0.15) is 0 Å². The molecule has 1 saturated heterocycles. The molecule has 0 radical (unpaired) electrons. The van der Waals surface area contributed by atoms with E-state index in [2.05, 4.69) is 34.5 Å². The zero-order chi connectivity index (χ0) is 10.8. The maximum Gasteiger partial charge on any atom is 0.0240 e. The molecule has 0 amide bonds. The number of nitrogens with zero attached hydrogens (tertiary/aromatic N) is 1. The minimum Gasteiger partial charge on any atom is -0.317 e. The summed E-state index contributed by atoms with van der Waals surface area (Å²) in [5, 5.41) is 3.44. The highest BCUT2D eigenvalue weighted by molar-refractivity contribution is 5.30. The summed E-state index contributed by atoms with van der Waals surface area (Å²) in [5.41, 5.74) is 3.08. The van der Waals surface area contributed by atoms with Crippen molar-refractivity contribution in [2.75, 3.05) is 19.6 Å². The molecule has 0 bridgehead atoms. The van der Waals surface area contributed by atoms with E-state index in [1.165, 1.54) is 56.7 Å². The van der Waals surface area contributed by atoms with Gasteiger partial charge in [0.2, 0.25) is 0 Å². The molecule has 16 heavy (non-hydrogen) atoms. The Kier molecular flexibility index (Phi) is 2.94. The van der Waals surface area contributed by atoms with Crippen molar-refractivity contribution in [3.05, 3.63) is 35.4 Å². The van der Waals surface area contributed by atoms with Crippen LogP contribution in [-0.4, -0.2) is 24.5 Å². The first-order chi connectivity index (χ1) is 7.92. The van der Waals surface area contributed by atoms with Gasteiger partial charge < -0.3 is 5.32 Å². The molecule has 0 unspecified atom stereocenters. The lowest BCUT2D eigenvalue weighted by Gasteiger charge is -2.27. The second kappa shape index (κ2) is 4.56. The van der Waals surface area contributed by atoms with E-state index in [1.54, 1.807) is 0 Å². The summed E-state index contributed by atoms with van der Waals surface area (Å²) in [5.74, 6) is 0.913. The zero-order valence-corrected chi connectivity index (χ0v) is 9.78. The highest BCUT2D eigenvalue weighted by Gasteiger charge is 2.22. The molecule has 1 aromatic carbocycles. The first kappa shape index (κ1) is 10.3. The molecule has 2 heteroatoms. The van der Waals surface area contributed by atoms with E-state index in [1.807, 2.05) is 0 Å². The Hall–Kier alpha value is -0.860. The topological polar surface area (TPSA) is 15.3 Å². The summed E-state index contributed by atoms with van der Waals surface area (Å²) in [6.45, 7) is 6.05. The van der Waals surface area contributed by atoms with E-state index in [0.29, 0.717) is 0 Å². The third-order valence-electron chi connectivity index (χ3n) is 3.88. The number of nitrogens with one attached hydrogen (secondary N) is 1. The van der Waals surface area contributed by atoms with E-state index in [9.17, 15) is 0 Å². The van der Waals surface area contributed by atoms with E-state index in [-0.39, 0.29) is 0 Å². The Labute approximate surface area is 97.6 Å². The average Bonchev–Trinajstić information content (AvgIpc) is 2.72. The minimum atomic E-state index is 0.913. The summed E-state index contributed by atoms with van der Waals surface area (Å²) in [6.07, 6.45) is 2.71. The molecular formula is C14H20N2. The lowest BCUT2D eigenvalue weighted by Crippen LogP contribution is -2.34. The second-order valence-electron chi connectivity index (χ2n) is 5.13. The quantitative estimate of drug-likeness (QED) is 0.813. The second-order valence-corrected chi connectivity index (χ2v) is 5.13. The molecule has 2 aliphatic rings. The Morgan fingerprint density at radius 3 is 2.31 bits per heavy atom. The van der Waals surface area contributed by atoms with Crippen LogP contribution in [-0.2, 0) is 13.1 Å². The van der Waals surface area contributed by atoms with Gasteiger partial charge in [0.15, 0.2) is 0 Å². The van der Waals surface area contributed by atoms with Crippen LogP contribution in [0.3, 0.4) is 0 Å². The monoisotopic (exact) mass is 216 g/mol. The standard InChI is InChI=1S/C14H20N2/c1-2-4-14-11-16(10-13(14)3-1)9-12-5-7-15-8-6-12/h1-4,12,15H,5-11H2. The Balaban J connectivity index is 1.59. The van der Waals surface area contributed by atoms with Gasteiger partial charge >= 0.3 is 0 Å². The van der Waals surface area contributed by atoms with Gasteiger partial charge in [-0.3, -0.25) is 4.90 Å². The van der Waals surface area contributed by atoms with E-state index in [4.69, 9.17) is 0 Å². The van der Waals surface area contributed by atoms with Crippen molar-refractivity contribution in [1.82, 2.24) is 10.2 Å². The third kappa shape index (κ3) is 2.13. The smallest absolute Gasteiger partial charge is 0.0240 e. The van der Waals surface area contributed by atoms with Gasteiger partial charge in [0, 0.05) is 19.6 Å². The van der Waals surface area contributed by atoms with Gasteiger partial charge in [-0.1, -0.05) is 24.3 Å². The maximum atomic E-state index is 3.44. The molecule has 0 saturated carbocycles. The summed E-state index contributed by atoms with van der Waals surface area (Å²) < 4.78 is 0. The first-order valence-electron chi connectivity index (χ1n) is 6.41. The Morgan fingerprint density at radius 1 is 1.06 bits per heavy atom. The molecule has 0 spiro atoms. The fourth-order valence-electron chi connectivity index (χ4n) is 2.96. The molecular weight excluding hydrogens is 196 g/mol. The van der Waals surface area contributed by atoms with Crippen molar-refractivity contribution >= 4 is 0 Å². The molecule has 2 nitrogen and oxygen atoms in total. The van der Waals surface area contributed by atoms with Crippen LogP contribution in [0, 0.1) is 5.92 Å². The molecule has 0 aromatic heterocycles. The predicted octanol–water partition coefficient (Wildman–Crippen LogP) is 2.00. The normalized spacial score (nSPS) is 22.2. The van der Waals surface area contributed by atoms with Crippen LogP contribution in [0.25, 0.3) is 0 Å². The van der Waals surface area contributed by atoms with Gasteiger partial charge in [0.1, 0.15) is 0 Å². The zero-order valence-electron chi connectivity index (χ0n) is 9.78. The van der Waals surface area contributed by atoms with Crippen LogP contribution in [0.15, 0.2) is 24.3 Å². The number of hydrogen-bond acceptors (Lipinski definition) is 2. The van der Waals surface area contributed by atoms with Crippen molar-refractivity contribution in [1.29, 1.82) is 0 Å². The van der Waals surface area contributed by atoms with Gasteiger partial charge in [-0.25, -0.2) is 0 Å². The maximum absolute atomic E-state index is 3.44. The van der Waals surface area contributed by atoms with Crippen LogP contribution in [0.2, 0.25) is 0 Å². The Bertz CT molecular complexity index is 331. The number of benzene rings is 1. The highest BCUT2D eigenvalue weighted by atomic mass is 15.1. The fourth-order valence-corrected chi connectivity index (χ4v) is 2.96. The molecule has 1 N–H and O–H groups in total. The van der Waals surface area contributed by atoms with Crippen LogP contribution in [0.5, 0.6) is 0 Å². The van der Waals surface area contributed by atoms with Gasteiger partial charge in [-0.15, -0.1) is 0 Å². The SMILES string of the molecule is c1ccc2c(c1)CN(CC1CCNCC1)C2. The highest BCUT2D eigenvalue weighted by Crippen LogP contribution is 2.24. The molecule has 0 atom stereocenters. The predicted molar refractivity (Wildman–Crippen MR) is 66.1 cm³/mol. The van der Waals surface area contributed by atoms with Crippen LogP contribution in [0.1, 0.15) is 24.0 Å². The largest absolute Gasteiger partial charge is 0.317 e.